The molecule has 1 aromatic carbocycles. The Bertz CT molecular complexity index is 291. The van der Waals surface area contributed by atoms with Crippen LogP contribution in [0.15, 0.2) is 35.2 Å². The Hall–Kier alpha value is -1.49. The second-order valence-corrected chi connectivity index (χ2v) is 3.44. The van der Waals surface area contributed by atoms with E-state index in [-0.39, 0.29) is 6.73 Å². The van der Waals surface area contributed by atoms with Crippen LogP contribution in [0.2, 0.25) is 0 Å². The van der Waals surface area contributed by atoms with Gasteiger partial charge in [0.15, 0.2) is 6.73 Å². The molecule has 0 spiro atoms. The molecular weight excluding hydrogens is 202 g/mol. The van der Waals surface area contributed by atoms with Crippen molar-refractivity contribution in [3.8, 4) is 0 Å². The van der Waals surface area contributed by atoms with Crippen molar-refractivity contribution in [2.75, 3.05) is 6.73 Å². The van der Waals surface area contributed by atoms with Gasteiger partial charge in [-0.25, -0.2) is 4.31 Å². The maximum absolute atomic E-state index is 10.5. The molecule has 4 nitrogen and oxygen atoms in total. The van der Waals surface area contributed by atoms with E-state index in [0.717, 1.165) is 4.90 Å². The lowest BCUT2D eigenvalue weighted by atomic mass is 10.4. The quantitative estimate of drug-likeness (QED) is 0.404. The van der Waals surface area contributed by atoms with E-state index < -0.39 is 0 Å². The fourth-order valence-electron chi connectivity index (χ4n) is 0.799. The van der Waals surface area contributed by atoms with Crippen LogP contribution >= 0.6 is 11.9 Å². The van der Waals surface area contributed by atoms with Crippen LogP contribution < -0.4 is 0 Å². The van der Waals surface area contributed by atoms with Crippen LogP contribution in [0.4, 0.5) is 0 Å². The van der Waals surface area contributed by atoms with E-state index in [1.54, 1.807) is 0 Å². The van der Waals surface area contributed by atoms with Gasteiger partial charge in [-0.05, 0) is 24.1 Å². The summed E-state index contributed by atoms with van der Waals surface area (Å²) in [5.41, 5.74) is 0. The largest absolute Gasteiger partial charge is 0.445 e. The Kier molecular flexibility index (Phi) is 4.57. The number of nitrogens with zero attached hydrogens (tertiary/aromatic N) is 1. The van der Waals surface area contributed by atoms with Crippen LogP contribution in [0.1, 0.15) is 0 Å². The highest BCUT2D eigenvalue weighted by Gasteiger charge is 2.03. The minimum Gasteiger partial charge on any atom is -0.445 e. The van der Waals surface area contributed by atoms with Crippen LogP contribution in [-0.4, -0.2) is 23.9 Å². The predicted octanol–water partition coefficient (Wildman–Crippen LogP) is 1.28. The summed E-state index contributed by atoms with van der Waals surface area (Å²) in [5.74, 6) is 0. The minimum absolute atomic E-state index is 0.0490. The van der Waals surface area contributed by atoms with Gasteiger partial charge in [0.2, 0.25) is 6.41 Å². The topological polar surface area (TPSA) is 46.6 Å². The zero-order valence-corrected chi connectivity index (χ0v) is 8.15. The third kappa shape index (κ3) is 3.49. The van der Waals surface area contributed by atoms with Crippen molar-refractivity contribution in [2.45, 2.75) is 4.90 Å². The minimum atomic E-state index is -0.0490. The number of rotatable bonds is 6. The molecule has 0 radical (unpaired) electrons. The van der Waals surface area contributed by atoms with Gasteiger partial charge < -0.3 is 4.74 Å². The smallest absolute Gasteiger partial charge is 0.294 e. The number of hydrogen-bond acceptors (Lipinski definition) is 4. The predicted molar refractivity (Wildman–Crippen MR) is 52.2 cm³/mol. The third-order valence-electron chi connectivity index (χ3n) is 1.35. The second kappa shape index (κ2) is 6.04. The fraction of sp³-hybridized carbons (Fsp3) is 0.111. The first-order valence-electron chi connectivity index (χ1n) is 3.87. The van der Waals surface area contributed by atoms with Crippen molar-refractivity contribution in [3.05, 3.63) is 30.3 Å². The lowest BCUT2D eigenvalue weighted by molar-refractivity contribution is -0.133. The van der Waals surface area contributed by atoms with E-state index in [1.165, 1.54) is 16.3 Å². The monoisotopic (exact) mass is 211 g/mol. The van der Waals surface area contributed by atoms with Gasteiger partial charge in [-0.1, -0.05) is 18.2 Å². The van der Waals surface area contributed by atoms with Crippen molar-refractivity contribution >= 4 is 24.8 Å². The van der Waals surface area contributed by atoms with Crippen molar-refractivity contribution in [1.29, 1.82) is 0 Å². The summed E-state index contributed by atoms with van der Waals surface area (Å²) in [6.07, 6.45) is 0.612. The number of carbonyl (C=O) groups excluding carboxylic acids is 2. The molecule has 0 atom stereocenters. The van der Waals surface area contributed by atoms with Crippen LogP contribution in [0.3, 0.4) is 0 Å². The van der Waals surface area contributed by atoms with Crippen molar-refractivity contribution < 1.29 is 14.3 Å². The fourth-order valence-corrected chi connectivity index (χ4v) is 1.51. The molecule has 0 heterocycles. The molecule has 1 amide bonds. The van der Waals surface area contributed by atoms with E-state index in [1.807, 2.05) is 30.3 Å². The lowest BCUT2D eigenvalue weighted by Crippen LogP contribution is -2.16. The van der Waals surface area contributed by atoms with Crippen LogP contribution in [0, 0.1) is 0 Å². The molecule has 0 N–H and O–H groups in total. The van der Waals surface area contributed by atoms with E-state index in [4.69, 9.17) is 0 Å². The molecule has 14 heavy (non-hydrogen) atoms. The normalized spacial score (nSPS) is 9.14. The average molecular weight is 211 g/mol. The Morgan fingerprint density at radius 1 is 1.29 bits per heavy atom. The maximum Gasteiger partial charge on any atom is 0.294 e. The van der Waals surface area contributed by atoms with Crippen molar-refractivity contribution in [1.82, 2.24) is 4.31 Å². The van der Waals surface area contributed by atoms with Crippen LogP contribution in [-0.2, 0) is 14.3 Å². The van der Waals surface area contributed by atoms with Gasteiger partial charge in [0, 0.05) is 4.90 Å². The molecule has 0 aliphatic heterocycles. The zero-order valence-electron chi connectivity index (χ0n) is 7.33. The molecular formula is C9H9NO3S. The van der Waals surface area contributed by atoms with Gasteiger partial charge in [-0.3, -0.25) is 9.59 Å². The molecule has 0 aliphatic carbocycles. The van der Waals surface area contributed by atoms with Gasteiger partial charge in [0.05, 0.1) is 0 Å². The standard InChI is InChI=1S/C9H9NO3S/c11-6-10(7-13-8-12)14-9-4-2-1-3-5-9/h1-6,8H,7H2. The summed E-state index contributed by atoms with van der Waals surface area (Å²) in [6.45, 7) is 0.259. The molecule has 74 valence electrons. The Morgan fingerprint density at radius 2 is 2.00 bits per heavy atom. The summed E-state index contributed by atoms with van der Waals surface area (Å²) in [4.78, 5) is 21.3. The van der Waals surface area contributed by atoms with Gasteiger partial charge in [0.25, 0.3) is 6.47 Å². The first kappa shape index (κ1) is 10.6. The van der Waals surface area contributed by atoms with E-state index in [0.29, 0.717) is 12.9 Å². The highest BCUT2D eigenvalue weighted by atomic mass is 32.2. The molecule has 0 aliphatic rings. The van der Waals surface area contributed by atoms with E-state index in [9.17, 15) is 9.59 Å². The molecule has 0 unspecified atom stereocenters. The van der Waals surface area contributed by atoms with Crippen LogP contribution in [0.25, 0.3) is 0 Å². The molecule has 5 heteroatoms. The van der Waals surface area contributed by atoms with Gasteiger partial charge >= 0.3 is 0 Å². The van der Waals surface area contributed by atoms with Crippen molar-refractivity contribution in [2.24, 2.45) is 0 Å². The Morgan fingerprint density at radius 3 is 2.57 bits per heavy atom. The summed E-state index contributed by atoms with van der Waals surface area (Å²) in [7, 11) is 0. The number of ether oxygens (including phenoxy) is 1. The average Bonchev–Trinajstić information content (AvgIpc) is 2.25. The van der Waals surface area contributed by atoms with E-state index in [2.05, 4.69) is 4.74 Å². The molecule has 0 aromatic heterocycles. The molecule has 0 fully saturated rings. The van der Waals surface area contributed by atoms with Gasteiger partial charge in [-0.2, -0.15) is 0 Å². The second-order valence-electron chi connectivity index (χ2n) is 2.32. The Labute approximate surface area is 86.0 Å². The molecule has 1 aromatic rings. The Balaban J connectivity index is 2.48. The lowest BCUT2D eigenvalue weighted by Gasteiger charge is -2.13. The SMILES string of the molecule is O=COCN(C=O)Sc1ccccc1. The molecule has 0 saturated carbocycles. The highest BCUT2D eigenvalue weighted by Crippen LogP contribution is 2.19. The molecule has 0 bridgehead atoms. The maximum atomic E-state index is 10.5. The number of benzene rings is 1. The first-order valence-corrected chi connectivity index (χ1v) is 4.64. The molecule has 1 rings (SSSR count). The summed E-state index contributed by atoms with van der Waals surface area (Å²) >= 11 is 1.21. The third-order valence-corrected chi connectivity index (χ3v) is 2.26. The number of amides is 1. The molecule has 0 saturated heterocycles. The van der Waals surface area contributed by atoms with Gasteiger partial charge in [-0.15, -0.1) is 0 Å². The summed E-state index contributed by atoms with van der Waals surface area (Å²) < 4.78 is 5.73. The number of carbonyl (C=O) groups is 2. The van der Waals surface area contributed by atoms with Crippen molar-refractivity contribution in [3.63, 3.8) is 0 Å². The highest BCUT2D eigenvalue weighted by molar-refractivity contribution is 7.97. The summed E-state index contributed by atoms with van der Waals surface area (Å²) in [5, 5.41) is 0. The van der Waals surface area contributed by atoms with Crippen LogP contribution in [0.5, 0.6) is 0 Å². The summed E-state index contributed by atoms with van der Waals surface area (Å²) in [6, 6.07) is 9.35. The zero-order chi connectivity index (χ0) is 10.2. The number of hydrogen-bond donors (Lipinski definition) is 0. The van der Waals surface area contributed by atoms with Gasteiger partial charge in [0.1, 0.15) is 0 Å². The first-order chi connectivity index (χ1) is 6.86. The van der Waals surface area contributed by atoms with E-state index >= 15 is 0 Å².